The third-order valence-corrected chi connectivity index (χ3v) is 5.10. The van der Waals surface area contributed by atoms with E-state index < -0.39 is 0 Å². The van der Waals surface area contributed by atoms with Crippen LogP contribution < -0.4 is 0 Å². The van der Waals surface area contributed by atoms with E-state index in [0.29, 0.717) is 6.04 Å². The van der Waals surface area contributed by atoms with E-state index in [0.717, 1.165) is 51.2 Å². The van der Waals surface area contributed by atoms with Gasteiger partial charge >= 0.3 is 0 Å². The summed E-state index contributed by atoms with van der Waals surface area (Å²) in [5, 5.41) is 0. The number of hydrogen-bond donors (Lipinski definition) is 0. The molecule has 5 rings (SSSR count). The first kappa shape index (κ1) is 12.1. The summed E-state index contributed by atoms with van der Waals surface area (Å²) in [6.45, 7) is 4.27. The fraction of sp³-hybridized carbons (Fsp3) is 0.562. The quantitative estimate of drug-likeness (QED) is 0.739. The maximum Gasteiger partial charge on any atom is 0.181 e. The number of para-hydroxylation sites is 2. The average Bonchev–Trinajstić information content (AvgIpc) is 3.09. The average molecular weight is 285 g/mol. The van der Waals surface area contributed by atoms with Crippen LogP contribution in [-0.2, 0) is 22.6 Å². The van der Waals surface area contributed by atoms with E-state index >= 15 is 0 Å². The number of benzene rings is 1. The van der Waals surface area contributed by atoms with E-state index in [1.165, 1.54) is 11.3 Å². The van der Waals surface area contributed by atoms with Crippen molar-refractivity contribution in [3.8, 4) is 0 Å². The minimum absolute atomic E-state index is 0.343. The topological polar surface area (TPSA) is 39.5 Å². The number of fused-ring (bicyclic) bond motifs is 4. The van der Waals surface area contributed by atoms with Crippen LogP contribution >= 0.6 is 0 Å². The summed E-state index contributed by atoms with van der Waals surface area (Å²) in [5.41, 5.74) is 2.37. The van der Waals surface area contributed by atoms with Crippen LogP contribution in [0.3, 0.4) is 0 Å². The first-order valence-electron chi connectivity index (χ1n) is 7.79. The van der Waals surface area contributed by atoms with E-state index in [1.54, 1.807) is 0 Å². The van der Waals surface area contributed by atoms with Crippen molar-refractivity contribution in [3.63, 3.8) is 0 Å². The molecule has 21 heavy (non-hydrogen) atoms. The van der Waals surface area contributed by atoms with Crippen molar-refractivity contribution in [2.75, 3.05) is 19.8 Å². The maximum absolute atomic E-state index is 5.89. The maximum atomic E-state index is 5.89. The molecule has 1 atom stereocenters. The van der Waals surface area contributed by atoms with E-state index in [4.69, 9.17) is 14.5 Å². The normalized spacial score (nSPS) is 27.9. The number of nitrogens with zero attached hydrogens (tertiary/aromatic N) is 3. The smallest absolute Gasteiger partial charge is 0.181 e. The van der Waals surface area contributed by atoms with Gasteiger partial charge < -0.3 is 14.0 Å². The van der Waals surface area contributed by atoms with Crippen LogP contribution in [0, 0.1) is 0 Å². The number of piperidine rings is 1. The molecular formula is C16H19N3O2. The highest BCUT2D eigenvalue weighted by atomic mass is 16.7. The molecule has 1 spiro atoms. The Bertz CT molecular complexity index is 690. The molecule has 3 aliphatic rings. The van der Waals surface area contributed by atoms with Gasteiger partial charge in [0.25, 0.3) is 0 Å². The Labute approximate surface area is 123 Å². The Morgan fingerprint density at radius 1 is 1.19 bits per heavy atom. The Morgan fingerprint density at radius 3 is 2.95 bits per heavy atom. The second-order valence-corrected chi connectivity index (χ2v) is 6.33. The molecule has 5 nitrogen and oxygen atoms in total. The van der Waals surface area contributed by atoms with Gasteiger partial charge in [-0.25, -0.2) is 4.98 Å². The monoisotopic (exact) mass is 285 g/mol. The van der Waals surface area contributed by atoms with Gasteiger partial charge in [-0.05, 0) is 18.6 Å². The Balaban J connectivity index is 1.50. The van der Waals surface area contributed by atoms with Gasteiger partial charge in [0.05, 0.1) is 37.3 Å². The third-order valence-electron chi connectivity index (χ3n) is 5.10. The van der Waals surface area contributed by atoms with Crippen LogP contribution in [0.4, 0.5) is 0 Å². The van der Waals surface area contributed by atoms with Crippen molar-refractivity contribution < 1.29 is 9.47 Å². The second kappa shape index (κ2) is 4.29. The molecule has 0 aliphatic carbocycles. The zero-order valence-corrected chi connectivity index (χ0v) is 12.0. The minimum Gasteiger partial charge on any atom is -0.346 e. The molecule has 2 fully saturated rings. The van der Waals surface area contributed by atoms with Crippen LogP contribution in [-0.4, -0.2) is 46.0 Å². The van der Waals surface area contributed by atoms with Crippen molar-refractivity contribution >= 4 is 11.0 Å². The number of ether oxygens (including phenoxy) is 2. The number of aromatic nitrogens is 2. The van der Waals surface area contributed by atoms with Crippen molar-refractivity contribution in [2.24, 2.45) is 0 Å². The van der Waals surface area contributed by atoms with Crippen LogP contribution in [0.1, 0.15) is 18.7 Å². The molecule has 4 heterocycles. The van der Waals surface area contributed by atoms with E-state index in [-0.39, 0.29) is 5.79 Å². The number of hydrogen-bond acceptors (Lipinski definition) is 4. The van der Waals surface area contributed by atoms with E-state index in [1.807, 2.05) is 0 Å². The highest BCUT2D eigenvalue weighted by molar-refractivity contribution is 5.76. The molecule has 5 heteroatoms. The van der Waals surface area contributed by atoms with Gasteiger partial charge in [-0.15, -0.1) is 0 Å². The van der Waals surface area contributed by atoms with Crippen LogP contribution in [0.25, 0.3) is 11.0 Å². The van der Waals surface area contributed by atoms with E-state index in [9.17, 15) is 0 Å². The highest BCUT2D eigenvalue weighted by Crippen LogP contribution is 2.36. The first-order chi connectivity index (χ1) is 10.3. The third kappa shape index (κ3) is 1.78. The van der Waals surface area contributed by atoms with Gasteiger partial charge in [-0.3, -0.25) is 4.90 Å². The van der Waals surface area contributed by atoms with Crippen LogP contribution in [0.2, 0.25) is 0 Å². The molecular weight excluding hydrogens is 266 g/mol. The molecule has 3 aliphatic heterocycles. The van der Waals surface area contributed by atoms with Crippen molar-refractivity contribution in [2.45, 2.75) is 37.8 Å². The van der Waals surface area contributed by atoms with Crippen LogP contribution in [0.5, 0.6) is 0 Å². The molecule has 0 saturated carbocycles. The number of rotatable bonds is 0. The molecule has 1 aromatic carbocycles. The molecule has 0 bridgehead atoms. The zero-order valence-electron chi connectivity index (χ0n) is 12.0. The lowest BCUT2D eigenvalue weighted by atomic mass is 9.95. The minimum atomic E-state index is -0.343. The highest BCUT2D eigenvalue weighted by Gasteiger charge is 2.45. The second-order valence-electron chi connectivity index (χ2n) is 6.33. The van der Waals surface area contributed by atoms with Gasteiger partial charge in [0, 0.05) is 19.0 Å². The fourth-order valence-corrected chi connectivity index (χ4v) is 4.05. The van der Waals surface area contributed by atoms with Gasteiger partial charge in [-0.1, -0.05) is 12.1 Å². The van der Waals surface area contributed by atoms with E-state index in [2.05, 4.69) is 33.7 Å². The summed E-state index contributed by atoms with van der Waals surface area (Å²) in [6, 6.07) is 9.01. The lowest BCUT2D eigenvalue weighted by Crippen LogP contribution is -2.56. The Morgan fingerprint density at radius 2 is 2.05 bits per heavy atom. The molecule has 0 amide bonds. The molecule has 0 radical (unpaired) electrons. The van der Waals surface area contributed by atoms with Crippen molar-refractivity contribution in [1.82, 2.24) is 14.5 Å². The molecule has 110 valence electrons. The largest absolute Gasteiger partial charge is 0.346 e. The summed E-state index contributed by atoms with van der Waals surface area (Å²) in [4.78, 5) is 7.30. The first-order valence-corrected chi connectivity index (χ1v) is 7.79. The lowest BCUT2D eigenvalue weighted by molar-refractivity contribution is -0.202. The van der Waals surface area contributed by atoms with Crippen molar-refractivity contribution in [1.29, 1.82) is 0 Å². The Kier molecular flexibility index (Phi) is 2.48. The summed E-state index contributed by atoms with van der Waals surface area (Å²) < 4.78 is 14.2. The van der Waals surface area contributed by atoms with Gasteiger partial charge in [0.2, 0.25) is 0 Å². The zero-order chi connectivity index (χ0) is 13.9. The van der Waals surface area contributed by atoms with Gasteiger partial charge in [0.15, 0.2) is 5.79 Å². The molecule has 0 N–H and O–H groups in total. The predicted octanol–water partition coefficient (Wildman–Crippen LogP) is 1.76. The molecule has 2 saturated heterocycles. The van der Waals surface area contributed by atoms with Crippen molar-refractivity contribution in [3.05, 3.63) is 30.1 Å². The fourth-order valence-electron chi connectivity index (χ4n) is 4.05. The Hall–Kier alpha value is -1.43. The molecule has 1 unspecified atom stereocenters. The molecule has 2 aromatic rings. The van der Waals surface area contributed by atoms with Gasteiger partial charge in [-0.2, -0.15) is 0 Å². The summed E-state index contributed by atoms with van der Waals surface area (Å²) in [5.74, 6) is 0.826. The predicted molar refractivity (Wildman–Crippen MR) is 77.8 cm³/mol. The summed E-state index contributed by atoms with van der Waals surface area (Å²) in [7, 11) is 0. The van der Waals surface area contributed by atoms with Gasteiger partial charge in [0.1, 0.15) is 5.82 Å². The molecule has 1 aromatic heterocycles. The standard InChI is InChI=1S/C16H19N3O2/c1-2-4-14-13(3-1)17-15-10-18-11-16(20-7-8-21-16)6-5-12(18)9-19(14)15/h1-4,12H,5-11H2. The SMILES string of the molecule is c1ccc2c(c1)nc1n2CC2CCC3(CN2C1)OCCO3. The summed E-state index contributed by atoms with van der Waals surface area (Å²) in [6.07, 6.45) is 2.14. The number of imidazole rings is 1. The lowest BCUT2D eigenvalue weighted by Gasteiger charge is -2.46. The summed E-state index contributed by atoms with van der Waals surface area (Å²) >= 11 is 0. The van der Waals surface area contributed by atoms with Crippen LogP contribution in [0.15, 0.2) is 24.3 Å².